The van der Waals surface area contributed by atoms with Crippen LogP contribution in [0.5, 0.6) is 0 Å². The Bertz CT molecular complexity index is 622. The van der Waals surface area contributed by atoms with Gasteiger partial charge in [0.1, 0.15) is 11.4 Å². The Balaban J connectivity index is 2.57. The third-order valence-corrected chi connectivity index (χ3v) is 3.45. The van der Waals surface area contributed by atoms with Crippen LogP contribution in [0.25, 0.3) is 0 Å². The minimum atomic E-state index is -0.841. The SMILES string of the molecule is CC(C)[C@@H](NC(=O)OC(C)(C)C)/C(F)=C/CC(=O)NCc1ccccc1. The van der Waals surface area contributed by atoms with Gasteiger partial charge in [-0.15, -0.1) is 0 Å². The molecular weight excluding hydrogens is 335 g/mol. The van der Waals surface area contributed by atoms with Crippen LogP contribution in [-0.4, -0.2) is 23.6 Å². The van der Waals surface area contributed by atoms with Crippen molar-refractivity contribution in [2.75, 3.05) is 0 Å². The molecule has 144 valence electrons. The van der Waals surface area contributed by atoms with E-state index in [2.05, 4.69) is 10.6 Å². The summed E-state index contributed by atoms with van der Waals surface area (Å²) in [6.45, 7) is 9.16. The molecule has 0 bridgehead atoms. The summed E-state index contributed by atoms with van der Waals surface area (Å²) in [7, 11) is 0. The summed E-state index contributed by atoms with van der Waals surface area (Å²) in [5, 5.41) is 5.25. The number of nitrogens with one attached hydrogen (secondary N) is 2. The van der Waals surface area contributed by atoms with Gasteiger partial charge >= 0.3 is 6.09 Å². The van der Waals surface area contributed by atoms with Crippen molar-refractivity contribution in [3.8, 4) is 0 Å². The number of rotatable bonds is 7. The molecule has 5 nitrogen and oxygen atoms in total. The fourth-order valence-corrected chi connectivity index (χ4v) is 2.17. The van der Waals surface area contributed by atoms with Gasteiger partial charge in [0.2, 0.25) is 5.91 Å². The van der Waals surface area contributed by atoms with Gasteiger partial charge in [-0.2, -0.15) is 0 Å². The first-order valence-electron chi connectivity index (χ1n) is 8.74. The molecule has 0 spiro atoms. The Labute approximate surface area is 155 Å². The first-order chi connectivity index (χ1) is 12.1. The Morgan fingerprint density at radius 2 is 1.81 bits per heavy atom. The van der Waals surface area contributed by atoms with Gasteiger partial charge in [-0.3, -0.25) is 4.79 Å². The van der Waals surface area contributed by atoms with Crippen molar-refractivity contribution in [1.82, 2.24) is 10.6 Å². The molecule has 1 atom stereocenters. The van der Waals surface area contributed by atoms with Gasteiger partial charge in [-0.1, -0.05) is 44.2 Å². The van der Waals surface area contributed by atoms with Crippen LogP contribution >= 0.6 is 0 Å². The molecule has 1 rings (SSSR count). The zero-order chi connectivity index (χ0) is 19.7. The molecule has 0 aromatic heterocycles. The first kappa shape index (κ1) is 21.7. The van der Waals surface area contributed by atoms with Gasteiger partial charge in [0, 0.05) is 13.0 Å². The second-order valence-electron chi connectivity index (χ2n) is 7.42. The molecule has 1 aromatic rings. The Hall–Kier alpha value is -2.37. The summed E-state index contributed by atoms with van der Waals surface area (Å²) < 4.78 is 19.6. The number of hydrogen-bond acceptors (Lipinski definition) is 3. The highest BCUT2D eigenvalue weighted by Gasteiger charge is 2.24. The Kier molecular flexibility index (Phi) is 8.29. The highest BCUT2D eigenvalue weighted by molar-refractivity contribution is 5.77. The van der Waals surface area contributed by atoms with E-state index in [1.54, 1.807) is 34.6 Å². The normalized spacial score (nSPS) is 13.3. The monoisotopic (exact) mass is 364 g/mol. The average molecular weight is 364 g/mol. The zero-order valence-corrected chi connectivity index (χ0v) is 16.1. The van der Waals surface area contributed by atoms with Crippen molar-refractivity contribution >= 4 is 12.0 Å². The van der Waals surface area contributed by atoms with Crippen molar-refractivity contribution in [1.29, 1.82) is 0 Å². The molecule has 2 N–H and O–H groups in total. The van der Waals surface area contributed by atoms with Crippen LogP contribution in [0.1, 0.15) is 46.6 Å². The number of alkyl carbamates (subject to hydrolysis) is 1. The quantitative estimate of drug-likeness (QED) is 0.765. The number of hydrogen-bond donors (Lipinski definition) is 2. The molecule has 2 amide bonds. The van der Waals surface area contributed by atoms with Crippen LogP contribution in [-0.2, 0) is 16.1 Å². The van der Waals surface area contributed by atoms with E-state index in [1.165, 1.54) is 6.08 Å². The van der Waals surface area contributed by atoms with Crippen LogP contribution in [0.15, 0.2) is 42.2 Å². The minimum Gasteiger partial charge on any atom is -0.444 e. The summed E-state index contributed by atoms with van der Waals surface area (Å²) in [5.74, 6) is -1.03. The molecule has 0 saturated carbocycles. The van der Waals surface area contributed by atoms with E-state index in [0.717, 1.165) is 5.56 Å². The van der Waals surface area contributed by atoms with Gasteiger partial charge in [-0.25, -0.2) is 9.18 Å². The highest BCUT2D eigenvalue weighted by Crippen LogP contribution is 2.16. The molecule has 0 radical (unpaired) electrons. The van der Waals surface area contributed by atoms with Gasteiger partial charge in [0.05, 0.1) is 6.04 Å². The molecule has 1 aromatic carbocycles. The summed E-state index contributed by atoms with van der Waals surface area (Å²) >= 11 is 0. The molecule has 26 heavy (non-hydrogen) atoms. The molecule has 0 heterocycles. The van der Waals surface area contributed by atoms with E-state index >= 15 is 0 Å². The van der Waals surface area contributed by atoms with Gasteiger partial charge < -0.3 is 15.4 Å². The van der Waals surface area contributed by atoms with E-state index in [-0.39, 0.29) is 18.2 Å². The van der Waals surface area contributed by atoms with Crippen LogP contribution in [0.3, 0.4) is 0 Å². The minimum absolute atomic E-state index is 0.0993. The molecule has 0 aliphatic heterocycles. The van der Waals surface area contributed by atoms with Crippen molar-refractivity contribution in [3.63, 3.8) is 0 Å². The third kappa shape index (κ3) is 8.65. The molecule has 6 heteroatoms. The Morgan fingerprint density at radius 3 is 2.35 bits per heavy atom. The van der Waals surface area contributed by atoms with Gasteiger partial charge in [0.15, 0.2) is 0 Å². The fraction of sp³-hybridized carbons (Fsp3) is 0.500. The zero-order valence-electron chi connectivity index (χ0n) is 16.1. The van der Waals surface area contributed by atoms with E-state index in [0.29, 0.717) is 6.54 Å². The van der Waals surface area contributed by atoms with Crippen LogP contribution in [0.2, 0.25) is 0 Å². The molecule has 0 aliphatic carbocycles. The lowest BCUT2D eigenvalue weighted by Gasteiger charge is -2.25. The van der Waals surface area contributed by atoms with E-state index in [9.17, 15) is 14.0 Å². The lowest BCUT2D eigenvalue weighted by molar-refractivity contribution is -0.120. The fourth-order valence-electron chi connectivity index (χ4n) is 2.17. The largest absolute Gasteiger partial charge is 0.444 e. The smallest absolute Gasteiger partial charge is 0.408 e. The molecule has 0 fully saturated rings. The van der Waals surface area contributed by atoms with Crippen LogP contribution in [0.4, 0.5) is 9.18 Å². The maximum atomic E-state index is 14.4. The lowest BCUT2D eigenvalue weighted by Crippen LogP contribution is -2.42. The first-order valence-corrected chi connectivity index (χ1v) is 8.74. The number of ether oxygens (including phenoxy) is 1. The van der Waals surface area contributed by atoms with Gasteiger partial charge in [0.25, 0.3) is 0 Å². The number of carbonyl (C=O) groups excluding carboxylic acids is 2. The Morgan fingerprint density at radius 1 is 1.19 bits per heavy atom. The topological polar surface area (TPSA) is 67.4 Å². The predicted molar refractivity (Wildman–Crippen MR) is 100 cm³/mol. The van der Waals surface area contributed by atoms with Crippen molar-refractivity contribution in [2.24, 2.45) is 5.92 Å². The van der Waals surface area contributed by atoms with Crippen molar-refractivity contribution < 1.29 is 18.7 Å². The number of amides is 2. The number of benzene rings is 1. The summed E-state index contributed by atoms with van der Waals surface area (Å²) in [6.07, 6.45) is 0.411. The maximum Gasteiger partial charge on any atom is 0.408 e. The van der Waals surface area contributed by atoms with Gasteiger partial charge in [-0.05, 0) is 38.3 Å². The van der Waals surface area contributed by atoms with Crippen molar-refractivity contribution in [3.05, 3.63) is 47.8 Å². The second kappa shape index (κ2) is 9.94. The van der Waals surface area contributed by atoms with E-state index in [1.807, 2.05) is 30.3 Å². The highest BCUT2D eigenvalue weighted by atomic mass is 19.1. The second-order valence-corrected chi connectivity index (χ2v) is 7.42. The average Bonchev–Trinajstić information content (AvgIpc) is 2.54. The predicted octanol–water partition coefficient (Wildman–Crippen LogP) is 4.10. The van der Waals surface area contributed by atoms with Crippen LogP contribution in [0, 0.1) is 5.92 Å². The van der Waals surface area contributed by atoms with E-state index < -0.39 is 23.6 Å². The van der Waals surface area contributed by atoms with E-state index in [4.69, 9.17) is 4.74 Å². The summed E-state index contributed by atoms with van der Waals surface area (Å²) in [4.78, 5) is 23.8. The standard InChI is InChI=1S/C20H29FN2O3/c1-14(2)18(23-19(25)26-20(3,4)5)16(21)11-12-17(24)22-13-15-9-7-6-8-10-15/h6-11,14,18H,12-13H2,1-5H3,(H,22,24)(H,23,25)/b16-11-/t18-/m1/s1. The number of halogens is 1. The summed E-state index contributed by atoms with van der Waals surface area (Å²) in [6, 6.07) is 8.62. The summed E-state index contributed by atoms with van der Waals surface area (Å²) in [5.41, 5.74) is 0.306. The van der Waals surface area contributed by atoms with Crippen LogP contribution < -0.4 is 10.6 Å². The third-order valence-electron chi connectivity index (χ3n) is 3.45. The number of carbonyl (C=O) groups is 2. The van der Waals surface area contributed by atoms with Crippen molar-refractivity contribution in [2.45, 2.75) is 59.2 Å². The molecule has 0 saturated heterocycles. The lowest BCUT2D eigenvalue weighted by atomic mass is 10.0. The molecule has 0 aliphatic rings. The molecular formula is C20H29FN2O3. The maximum absolute atomic E-state index is 14.4. The molecule has 0 unspecified atom stereocenters.